The molecular formula is C14H28N2O2. The molecule has 1 aliphatic rings. The van der Waals surface area contributed by atoms with Crippen LogP contribution in [0.2, 0.25) is 0 Å². The summed E-state index contributed by atoms with van der Waals surface area (Å²) >= 11 is 0. The van der Waals surface area contributed by atoms with Crippen molar-refractivity contribution in [1.82, 2.24) is 10.2 Å². The summed E-state index contributed by atoms with van der Waals surface area (Å²) in [4.78, 5) is 13.0. The van der Waals surface area contributed by atoms with Gasteiger partial charge in [0, 0.05) is 33.2 Å². The minimum atomic E-state index is 0.189. The molecule has 18 heavy (non-hydrogen) atoms. The van der Waals surface area contributed by atoms with E-state index in [-0.39, 0.29) is 5.91 Å². The summed E-state index contributed by atoms with van der Waals surface area (Å²) < 4.78 is 5.84. The molecule has 0 heterocycles. The van der Waals surface area contributed by atoms with E-state index in [1.165, 1.54) is 12.8 Å². The molecule has 1 N–H and O–H groups in total. The van der Waals surface area contributed by atoms with Gasteiger partial charge in [-0.05, 0) is 38.6 Å². The summed E-state index contributed by atoms with van der Waals surface area (Å²) in [7, 11) is 3.59. The highest BCUT2D eigenvalue weighted by atomic mass is 16.5. The third-order valence-electron chi connectivity index (χ3n) is 3.55. The molecule has 0 aromatic rings. The fourth-order valence-corrected chi connectivity index (χ4v) is 2.42. The Hall–Kier alpha value is -0.610. The van der Waals surface area contributed by atoms with Gasteiger partial charge in [-0.3, -0.25) is 4.79 Å². The number of ether oxygens (including phenoxy) is 1. The molecule has 106 valence electrons. The van der Waals surface area contributed by atoms with E-state index in [0.29, 0.717) is 18.6 Å². The maximum Gasteiger partial charge on any atom is 0.222 e. The molecule has 1 aliphatic carbocycles. The van der Waals surface area contributed by atoms with Crippen LogP contribution in [0.15, 0.2) is 0 Å². The zero-order valence-corrected chi connectivity index (χ0v) is 12.1. The molecule has 0 bridgehead atoms. The largest absolute Gasteiger partial charge is 0.378 e. The van der Waals surface area contributed by atoms with Crippen molar-refractivity contribution in [2.75, 3.05) is 27.2 Å². The minimum absolute atomic E-state index is 0.189. The number of carbonyl (C=O) groups is 1. The highest BCUT2D eigenvalue weighted by molar-refractivity contribution is 5.75. The minimum Gasteiger partial charge on any atom is -0.378 e. The van der Waals surface area contributed by atoms with E-state index >= 15 is 0 Å². The molecule has 1 rings (SSSR count). The van der Waals surface area contributed by atoms with Crippen LogP contribution < -0.4 is 5.32 Å². The summed E-state index contributed by atoms with van der Waals surface area (Å²) in [6.45, 7) is 3.93. The van der Waals surface area contributed by atoms with E-state index < -0.39 is 0 Å². The fourth-order valence-electron chi connectivity index (χ4n) is 2.42. The second-order valence-electron chi connectivity index (χ2n) is 5.29. The number of hydrogen-bond donors (Lipinski definition) is 1. The molecule has 0 atom stereocenters. The summed E-state index contributed by atoms with van der Waals surface area (Å²) in [6.07, 6.45) is 6.58. The predicted molar refractivity (Wildman–Crippen MR) is 73.6 cm³/mol. The first-order valence-corrected chi connectivity index (χ1v) is 7.18. The van der Waals surface area contributed by atoms with Crippen LogP contribution in [-0.2, 0) is 9.53 Å². The van der Waals surface area contributed by atoms with Crippen molar-refractivity contribution >= 4 is 5.91 Å². The van der Waals surface area contributed by atoms with Crippen LogP contribution in [0.25, 0.3) is 0 Å². The first kappa shape index (κ1) is 15.4. The molecule has 0 radical (unpaired) electrons. The lowest BCUT2D eigenvalue weighted by molar-refractivity contribution is -0.129. The second kappa shape index (κ2) is 8.48. The van der Waals surface area contributed by atoms with Gasteiger partial charge in [-0.1, -0.05) is 6.92 Å². The lowest BCUT2D eigenvalue weighted by atomic mass is 9.93. The Kier molecular flexibility index (Phi) is 7.28. The number of nitrogens with one attached hydrogen (secondary N) is 1. The number of hydrogen-bond acceptors (Lipinski definition) is 3. The molecular weight excluding hydrogens is 228 g/mol. The molecule has 0 aliphatic heterocycles. The van der Waals surface area contributed by atoms with E-state index in [4.69, 9.17) is 4.74 Å². The van der Waals surface area contributed by atoms with E-state index in [2.05, 4.69) is 12.2 Å². The summed E-state index contributed by atoms with van der Waals surface area (Å²) in [6, 6.07) is 0.685. The van der Waals surface area contributed by atoms with Crippen LogP contribution in [0, 0.1) is 0 Å². The number of amides is 1. The Morgan fingerprint density at radius 1 is 1.28 bits per heavy atom. The van der Waals surface area contributed by atoms with Gasteiger partial charge in [0.05, 0.1) is 6.10 Å². The third-order valence-corrected chi connectivity index (χ3v) is 3.55. The quantitative estimate of drug-likeness (QED) is 0.706. The van der Waals surface area contributed by atoms with Gasteiger partial charge in [0.15, 0.2) is 0 Å². The van der Waals surface area contributed by atoms with Gasteiger partial charge in [-0.25, -0.2) is 0 Å². The van der Waals surface area contributed by atoms with Crippen molar-refractivity contribution < 1.29 is 9.53 Å². The molecule has 4 heteroatoms. The Morgan fingerprint density at radius 2 is 1.94 bits per heavy atom. The van der Waals surface area contributed by atoms with Crippen LogP contribution in [0.1, 0.15) is 45.4 Å². The summed E-state index contributed by atoms with van der Waals surface area (Å²) in [5, 5.41) is 3.49. The van der Waals surface area contributed by atoms with Gasteiger partial charge < -0.3 is 15.0 Å². The second-order valence-corrected chi connectivity index (χ2v) is 5.29. The van der Waals surface area contributed by atoms with Crippen molar-refractivity contribution in [3.63, 3.8) is 0 Å². The number of nitrogens with zero attached hydrogens (tertiary/aromatic N) is 1. The van der Waals surface area contributed by atoms with Crippen LogP contribution in [0.4, 0.5) is 0 Å². The van der Waals surface area contributed by atoms with E-state index in [1.54, 1.807) is 19.0 Å². The molecule has 0 unspecified atom stereocenters. The van der Waals surface area contributed by atoms with Crippen molar-refractivity contribution in [3.8, 4) is 0 Å². The number of rotatable bonds is 7. The van der Waals surface area contributed by atoms with Crippen LogP contribution in [0.3, 0.4) is 0 Å². The lowest BCUT2D eigenvalue weighted by Crippen LogP contribution is -2.35. The number of carbonyl (C=O) groups excluding carboxylic acids is 1. The molecule has 1 amide bonds. The highest BCUT2D eigenvalue weighted by Gasteiger charge is 2.20. The molecule has 0 aromatic carbocycles. The summed E-state index contributed by atoms with van der Waals surface area (Å²) in [5.74, 6) is 0.189. The zero-order chi connectivity index (χ0) is 13.4. The van der Waals surface area contributed by atoms with Crippen molar-refractivity contribution in [1.29, 1.82) is 0 Å². The molecule has 4 nitrogen and oxygen atoms in total. The third kappa shape index (κ3) is 5.83. The normalized spacial score (nSPS) is 23.9. The maximum atomic E-state index is 11.4. The Balaban J connectivity index is 2.02. The first-order valence-electron chi connectivity index (χ1n) is 7.18. The Labute approximate surface area is 111 Å². The van der Waals surface area contributed by atoms with Crippen LogP contribution >= 0.6 is 0 Å². The van der Waals surface area contributed by atoms with E-state index in [9.17, 15) is 4.79 Å². The van der Waals surface area contributed by atoms with Gasteiger partial charge in [0.25, 0.3) is 0 Å². The van der Waals surface area contributed by atoms with Gasteiger partial charge in [-0.2, -0.15) is 0 Å². The predicted octanol–water partition coefficient (Wildman–Crippen LogP) is 1.79. The van der Waals surface area contributed by atoms with Crippen molar-refractivity contribution in [2.45, 2.75) is 57.6 Å². The molecule has 1 fully saturated rings. The van der Waals surface area contributed by atoms with Gasteiger partial charge in [-0.15, -0.1) is 0 Å². The summed E-state index contributed by atoms with van der Waals surface area (Å²) in [5.41, 5.74) is 0. The van der Waals surface area contributed by atoms with E-state index in [1.807, 2.05) is 0 Å². The maximum absolute atomic E-state index is 11.4. The van der Waals surface area contributed by atoms with Crippen molar-refractivity contribution in [2.24, 2.45) is 0 Å². The van der Waals surface area contributed by atoms with Gasteiger partial charge in [0.2, 0.25) is 5.91 Å². The smallest absolute Gasteiger partial charge is 0.222 e. The molecule has 0 spiro atoms. The SMILES string of the molecule is CCNC1CCC(OCCCC(=O)N(C)C)CC1. The zero-order valence-electron chi connectivity index (χ0n) is 12.1. The topological polar surface area (TPSA) is 41.6 Å². The van der Waals surface area contributed by atoms with E-state index in [0.717, 1.165) is 32.4 Å². The Bertz CT molecular complexity index is 236. The average molecular weight is 256 g/mol. The average Bonchev–Trinajstić information content (AvgIpc) is 2.36. The first-order chi connectivity index (χ1) is 8.63. The monoisotopic (exact) mass is 256 g/mol. The molecule has 1 saturated carbocycles. The standard InChI is InChI=1S/C14H28N2O2/c1-4-15-12-7-9-13(10-8-12)18-11-5-6-14(17)16(2)3/h12-13,15H,4-11H2,1-3H3. The van der Waals surface area contributed by atoms with Gasteiger partial charge in [0.1, 0.15) is 0 Å². The fraction of sp³-hybridized carbons (Fsp3) is 0.929. The van der Waals surface area contributed by atoms with Crippen LogP contribution in [-0.4, -0.2) is 50.2 Å². The van der Waals surface area contributed by atoms with Crippen molar-refractivity contribution in [3.05, 3.63) is 0 Å². The molecule has 0 saturated heterocycles. The Morgan fingerprint density at radius 3 is 2.50 bits per heavy atom. The lowest BCUT2D eigenvalue weighted by Gasteiger charge is -2.29. The van der Waals surface area contributed by atoms with Gasteiger partial charge >= 0.3 is 0 Å². The molecule has 0 aromatic heterocycles. The highest BCUT2D eigenvalue weighted by Crippen LogP contribution is 2.21. The van der Waals surface area contributed by atoms with Crippen LogP contribution in [0.5, 0.6) is 0 Å².